The lowest BCUT2D eigenvalue weighted by atomic mass is 9.90. The van der Waals surface area contributed by atoms with Gasteiger partial charge in [0.25, 0.3) is 0 Å². The fourth-order valence-electron chi connectivity index (χ4n) is 2.00. The van der Waals surface area contributed by atoms with E-state index in [1.165, 1.54) is 0 Å². The second kappa shape index (κ2) is 5.88. The van der Waals surface area contributed by atoms with Gasteiger partial charge < -0.3 is 14.7 Å². The number of carboxylic acid groups (broad SMARTS) is 1. The van der Waals surface area contributed by atoms with Gasteiger partial charge in [-0.1, -0.05) is 0 Å². The molecule has 1 atom stereocenters. The first kappa shape index (κ1) is 15.2. The highest BCUT2D eigenvalue weighted by Gasteiger charge is 2.39. The van der Waals surface area contributed by atoms with Crippen molar-refractivity contribution in [3.05, 3.63) is 0 Å². The minimum Gasteiger partial charge on any atom is -0.481 e. The zero-order chi connectivity index (χ0) is 13.8. The van der Waals surface area contributed by atoms with Crippen molar-refractivity contribution in [3.63, 3.8) is 0 Å². The summed E-state index contributed by atoms with van der Waals surface area (Å²) in [6.45, 7) is 2.19. The number of ether oxygens (including phenoxy) is 1. The fraction of sp³-hybridized carbons (Fsp3) is 0.909. The van der Waals surface area contributed by atoms with Gasteiger partial charge >= 0.3 is 12.1 Å². The Hall–Kier alpha value is -0.820. The van der Waals surface area contributed by atoms with E-state index < -0.39 is 24.2 Å². The second-order valence-corrected chi connectivity index (χ2v) is 4.91. The molecule has 1 heterocycles. The molecule has 1 N–H and O–H groups in total. The molecule has 1 rings (SSSR count). The summed E-state index contributed by atoms with van der Waals surface area (Å²) in [4.78, 5) is 12.9. The maximum absolute atomic E-state index is 11.8. The molecule has 0 aromatic heterocycles. The molecule has 18 heavy (non-hydrogen) atoms. The van der Waals surface area contributed by atoms with E-state index in [0.717, 1.165) is 0 Å². The van der Waals surface area contributed by atoms with Crippen LogP contribution in [-0.2, 0) is 9.53 Å². The normalized spacial score (nSPS) is 25.6. The molecule has 1 saturated heterocycles. The number of alkyl halides is 3. The first-order valence-corrected chi connectivity index (χ1v) is 5.83. The summed E-state index contributed by atoms with van der Waals surface area (Å²) in [6.07, 6.45) is -3.23. The van der Waals surface area contributed by atoms with E-state index in [1.54, 1.807) is 6.92 Å². The summed E-state index contributed by atoms with van der Waals surface area (Å²) in [6, 6.07) is 0. The Morgan fingerprint density at radius 1 is 1.50 bits per heavy atom. The number of hydrogen-bond acceptors (Lipinski definition) is 3. The molecule has 0 spiro atoms. The molecule has 1 unspecified atom stereocenters. The van der Waals surface area contributed by atoms with Crippen LogP contribution < -0.4 is 0 Å². The largest absolute Gasteiger partial charge is 0.481 e. The van der Waals surface area contributed by atoms with E-state index in [2.05, 4.69) is 4.74 Å². The maximum atomic E-state index is 11.8. The van der Waals surface area contributed by atoms with E-state index in [-0.39, 0.29) is 6.61 Å². The second-order valence-electron chi connectivity index (χ2n) is 4.91. The number of aliphatic carboxylic acids is 1. The van der Waals surface area contributed by atoms with Crippen molar-refractivity contribution in [2.24, 2.45) is 5.41 Å². The van der Waals surface area contributed by atoms with Gasteiger partial charge in [-0.3, -0.25) is 4.79 Å². The maximum Gasteiger partial charge on any atom is 0.411 e. The van der Waals surface area contributed by atoms with Crippen molar-refractivity contribution in [3.8, 4) is 0 Å². The average molecular weight is 269 g/mol. The van der Waals surface area contributed by atoms with Crippen molar-refractivity contribution in [2.75, 3.05) is 32.8 Å². The van der Waals surface area contributed by atoms with Crippen molar-refractivity contribution in [2.45, 2.75) is 25.9 Å². The van der Waals surface area contributed by atoms with E-state index in [4.69, 9.17) is 5.11 Å². The zero-order valence-corrected chi connectivity index (χ0v) is 10.3. The quantitative estimate of drug-likeness (QED) is 0.746. The smallest absolute Gasteiger partial charge is 0.411 e. The third kappa shape index (κ3) is 4.81. The van der Waals surface area contributed by atoms with Gasteiger partial charge in [0.2, 0.25) is 0 Å². The lowest BCUT2D eigenvalue weighted by Gasteiger charge is -2.19. The number of likely N-dealkylation sites (tertiary alicyclic amines) is 1. The molecule has 0 radical (unpaired) electrons. The van der Waals surface area contributed by atoms with Crippen molar-refractivity contribution >= 4 is 5.97 Å². The third-order valence-electron chi connectivity index (χ3n) is 3.10. The van der Waals surface area contributed by atoms with E-state index in [0.29, 0.717) is 32.5 Å². The molecule has 7 heteroatoms. The minimum atomic E-state index is -4.28. The summed E-state index contributed by atoms with van der Waals surface area (Å²) >= 11 is 0. The van der Waals surface area contributed by atoms with Crippen LogP contribution in [0.4, 0.5) is 13.2 Å². The molecule has 1 aliphatic rings. The summed E-state index contributed by atoms with van der Waals surface area (Å²) in [5.41, 5.74) is -0.729. The summed E-state index contributed by atoms with van der Waals surface area (Å²) < 4.78 is 39.8. The standard InChI is InChI=1S/C11H18F3NO3/c1-10(9(16)17)3-5-15(7-10)4-2-6-18-8-11(12,13)14/h2-8H2,1H3,(H,16,17). The van der Waals surface area contributed by atoms with Gasteiger partial charge in [-0.05, 0) is 26.3 Å². The average Bonchev–Trinajstić information content (AvgIpc) is 2.60. The van der Waals surface area contributed by atoms with Crippen LogP contribution in [0.5, 0.6) is 0 Å². The van der Waals surface area contributed by atoms with Crippen LogP contribution in [0.2, 0.25) is 0 Å². The van der Waals surface area contributed by atoms with Crippen LogP contribution in [-0.4, -0.2) is 55.0 Å². The predicted octanol–water partition coefficient (Wildman–Crippen LogP) is 1.75. The van der Waals surface area contributed by atoms with Gasteiger partial charge in [0.15, 0.2) is 0 Å². The van der Waals surface area contributed by atoms with Gasteiger partial charge in [0.05, 0.1) is 5.41 Å². The number of hydrogen-bond donors (Lipinski definition) is 1. The molecule has 0 amide bonds. The number of carbonyl (C=O) groups is 1. The fourth-order valence-corrected chi connectivity index (χ4v) is 2.00. The molecular weight excluding hydrogens is 251 g/mol. The van der Waals surface area contributed by atoms with Crippen molar-refractivity contribution in [1.82, 2.24) is 4.90 Å². The summed E-state index contributed by atoms with van der Waals surface area (Å²) in [5, 5.41) is 9.01. The summed E-state index contributed by atoms with van der Waals surface area (Å²) in [5.74, 6) is -0.821. The van der Waals surface area contributed by atoms with Gasteiger partial charge in [0, 0.05) is 19.7 Å². The molecule has 1 fully saturated rings. The molecule has 0 bridgehead atoms. The Kier molecular flexibility index (Phi) is 4.98. The van der Waals surface area contributed by atoms with Gasteiger partial charge in [-0.25, -0.2) is 0 Å². The highest BCUT2D eigenvalue weighted by atomic mass is 19.4. The zero-order valence-electron chi connectivity index (χ0n) is 10.3. The molecule has 106 valence electrons. The molecule has 0 aromatic rings. The lowest BCUT2D eigenvalue weighted by molar-refractivity contribution is -0.174. The van der Waals surface area contributed by atoms with E-state index in [1.807, 2.05) is 4.90 Å². The highest BCUT2D eigenvalue weighted by molar-refractivity contribution is 5.74. The van der Waals surface area contributed by atoms with E-state index >= 15 is 0 Å². The first-order valence-electron chi connectivity index (χ1n) is 5.83. The van der Waals surface area contributed by atoms with Gasteiger partial charge in [-0.2, -0.15) is 13.2 Å². The van der Waals surface area contributed by atoms with Gasteiger partial charge in [-0.15, -0.1) is 0 Å². The lowest BCUT2D eigenvalue weighted by Crippen LogP contribution is -2.32. The van der Waals surface area contributed by atoms with Crippen LogP contribution >= 0.6 is 0 Å². The molecule has 0 aliphatic carbocycles. The Morgan fingerprint density at radius 3 is 2.67 bits per heavy atom. The number of nitrogens with zero attached hydrogens (tertiary/aromatic N) is 1. The SMILES string of the molecule is CC1(C(=O)O)CCN(CCCOCC(F)(F)F)C1. The number of halogens is 3. The van der Waals surface area contributed by atoms with Gasteiger partial charge in [0.1, 0.15) is 6.61 Å². The molecule has 0 aromatic carbocycles. The number of rotatable bonds is 6. The minimum absolute atomic E-state index is 0.0415. The highest BCUT2D eigenvalue weighted by Crippen LogP contribution is 2.29. The Balaban J connectivity index is 2.13. The van der Waals surface area contributed by atoms with Crippen LogP contribution in [0.1, 0.15) is 19.8 Å². The first-order chi connectivity index (χ1) is 8.23. The van der Waals surface area contributed by atoms with Crippen molar-refractivity contribution < 1.29 is 27.8 Å². The van der Waals surface area contributed by atoms with E-state index in [9.17, 15) is 18.0 Å². The third-order valence-corrected chi connectivity index (χ3v) is 3.10. The Bertz CT molecular complexity index is 296. The monoisotopic (exact) mass is 269 g/mol. The molecule has 1 aliphatic heterocycles. The topological polar surface area (TPSA) is 49.8 Å². The summed E-state index contributed by atoms with van der Waals surface area (Å²) in [7, 11) is 0. The Morgan fingerprint density at radius 2 is 2.17 bits per heavy atom. The van der Waals surface area contributed by atoms with Crippen LogP contribution in [0.15, 0.2) is 0 Å². The Labute approximate surface area is 104 Å². The molecule has 0 saturated carbocycles. The molecular formula is C11H18F3NO3. The number of carboxylic acids is 1. The van der Waals surface area contributed by atoms with Crippen LogP contribution in [0.3, 0.4) is 0 Å². The van der Waals surface area contributed by atoms with Crippen molar-refractivity contribution in [1.29, 1.82) is 0 Å². The van der Waals surface area contributed by atoms with Crippen LogP contribution in [0.25, 0.3) is 0 Å². The molecule has 4 nitrogen and oxygen atoms in total. The predicted molar refractivity (Wildman–Crippen MR) is 58.3 cm³/mol. The van der Waals surface area contributed by atoms with Crippen LogP contribution in [0, 0.1) is 5.41 Å².